The second-order valence-electron chi connectivity index (χ2n) is 6.47. The minimum atomic E-state index is 0.136. The van der Waals surface area contributed by atoms with Crippen molar-refractivity contribution in [3.05, 3.63) is 127 Å². The number of nitrogens with zero attached hydrogens (tertiary/aromatic N) is 1. The standard InChI is InChI=1S/C25H20BN/c1-4-12-21(13-5-1)25(20-24-18-10-11-19-27-24)26(22-14-6-2-7-15-22)23-16-8-3-9-17-23/h1-20H/b25-20-. The van der Waals surface area contributed by atoms with Crippen LogP contribution in [0.25, 0.3) is 11.5 Å². The number of pyridine rings is 1. The molecule has 4 aromatic rings. The molecule has 3 aromatic carbocycles. The molecule has 0 amide bonds. The minimum Gasteiger partial charge on any atom is -0.257 e. The Morgan fingerprint density at radius 1 is 0.593 bits per heavy atom. The van der Waals surface area contributed by atoms with Gasteiger partial charge < -0.3 is 0 Å². The van der Waals surface area contributed by atoms with Crippen LogP contribution in [0.3, 0.4) is 0 Å². The molecule has 128 valence electrons. The van der Waals surface area contributed by atoms with Crippen LogP contribution in [-0.4, -0.2) is 11.7 Å². The Morgan fingerprint density at radius 3 is 1.63 bits per heavy atom. The zero-order chi connectivity index (χ0) is 18.3. The molecule has 27 heavy (non-hydrogen) atoms. The molecule has 0 bridgehead atoms. The van der Waals surface area contributed by atoms with Gasteiger partial charge in [-0.25, -0.2) is 0 Å². The van der Waals surface area contributed by atoms with Crippen LogP contribution < -0.4 is 10.9 Å². The normalized spacial score (nSPS) is 11.2. The number of hydrogen-bond donors (Lipinski definition) is 0. The van der Waals surface area contributed by atoms with Gasteiger partial charge in [0.2, 0.25) is 6.71 Å². The number of benzene rings is 3. The van der Waals surface area contributed by atoms with E-state index in [4.69, 9.17) is 0 Å². The van der Waals surface area contributed by atoms with Crippen LogP contribution in [0.2, 0.25) is 0 Å². The maximum absolute atomic E-state index is 4.54. The van der Waals surface area contributed by atoms with E-state index in [1.165, 1.54) is 22.0 Å². The van der Waals surface area contributed by atoms with Crippen molar-refractivity contribution in [2.24, 2.45) is 0 Å². The summed E-state index contributed by atoms with van der Waals surface area (Å²) in [6.45, 7) is 0.136. The predicted octanol–water partition coefficient (Wildman–Crippen LogP) is 4.47. The molecule has 0 spiro atoms. The van der Waals surface area contributed by atoms with Crippen LogP contribution >= 0.6 is 0 Å². The summed E-state index contributed by atoms with van der Waals surface area (Å²) < 4.78 is 0. The Labute approximate surface area is 161 Å². The number of aromatic nitrogens is 1. The first-order chi connectivity index (χ1) is 13.4. The summed E-state index contributed by atoms with van der Waals surface area (Å²) in [5.41, 5.74) is 5.96. The van der Waals surface area contributed by atoms with Crippen molar-refractivity contribution >= 4 is 29.2 Å². The summed E-state index contributed by atoms with van der Waals surface area (Å²) in [5, 5.41) is 0. The van der Waals surface area contributed by atoms with Crippen LogP contribution in [-0.2, 0) is 0 Å². The van der Waals surface area contributed by atoms with E-state index >= 15 is 0 Å². The van der Waals surface area contributed by atoms with Crippen molar-refractivity contribution < 1.29 is 0 Å². The summed E-state index contributed by atoms with van der Waals surface area (Å²) in [4.78, 5) is 4.54. The summed E-state index contributed by atoms with van der Waals surface area (Å²) in [7, 11) is 0. The highest BCUT2D eigenvalue weighted by Gasteiger charge is 2.24. The van der Waals surface area contributed by atoms with Crippen molar-refractivity contribution in [1.82, 2.24) is 4.98 Å². The van der Waals surface area contributed by atoms with Gasteiger partial charge in [0.15, 0.2) is 0 Å². The molecule has 1 heterocycles. The molecular formula is C25H20BN. The van der Waals surface area contributed by atoms with Gasteiger partial charge in [-0.05, 0) is 23.8 Å². The lowest BCUT2D eigenvalue weighted by Crippen LogP contribution is -2.43. The highest BCUT2D eigenvalue weighted by Crippen LogP contribution is 2.21. The van der Waals surface area contributed by atoms with Crippen molar-refractivity contribution in [3.63, 3.8) is 0 Å². The number of hydrogen-bond acceptors (Lipinski definition) is 1. The van der Waals surface area contributed by atoms with E-state index in [1.807, 2.05) is 18.3 Å². The Bertz CT molecular complexity index is 958. The highest BCUT2D eigenvalue weighted by atomic mass is 14.6. The predicted molar refractivity (Wildman–Crippen MR) is 116 cm³/mol. The molecule has 1 nitrogen and oxygen atoms in total. The molecule has 4 rings (SSSR count). The van der Waals surface area contributed by atoms with Crippen LogP contribution in [0.4, 0.5) is 0 Å². The van der Waals surface area contributed by atoms with Crippen molar-refractivity contribution in [2.45, 2.75) is 0 Å². The first kappa shape index (κ1) is 17.1. The Morgan fingerprint density at radius 2 is 1.11 bits per heavy atom. The van der Waals surface area contributed by atoms with Crippen LogP contribution in [0.1, 0.15) is 11.3 Å². The average molecular weight is 345 g/mol. The number of rotatable bonds is 5. The lowest BCUT2D eigenvalue weighted by atomic mass is 9.35. The fourth-order valence-electron chi connectivity index (χ4n) is 3.43. The highest BCUT2D eigenvalue weighted by molar-refractivity contribution is 7.00. The van der Waals surface area contributed by atoms with Gasteiger partial charge in [0.25, 0.3) is 0 Å². The Hall–Kier alpha value is -3.39. The first-order valence-corrected chi connectivity index (χ1v) is 9.20. The monoisotopic (exact) mass is 345 g/mol. The smallest absolute Gasteiger partial charge is 0.242 e. The van der Waals surface area contributed by atoms with Gasteiger partial charge in [-0.1, -0.05) is 113 Å². The third-order valence-corrected chi connectivity index (χ3v) is 4.68. The maximum atomic E-state index is 4.54. The topological polar surface area (TPSA) is 12.9 Å². The van der Waals surface area contributed by atoms with Gasteiger partial charge in [0.1, 0.15) is 0 Å². The second-order valence-corrected chi connectivity index (χ2v) is 6.47. The third-order valence-electron chi connectivity index (χ3n) is 4.68. The molecule has 0 saturated heterocycles. The van der Waals surface area contributed by atoms with E-state index in [0.29, 0.717) is 0 Å². The molecule has 0 saturated carbocycles. The third kappa shape index (κ3) is 4.07. The molecule has 0 aliphatic rings. The van der Waals surface area contributed by atoms with E-state index in [2.05, 4.69) is 108 Å². The van der Waals surface area contributed by atoms with Gasteiger partial charge in [-0.3, -0.25) is 4.98 Å². The minimum absolute atomic E-state index is 0.136. The van der Waals surface area contributed by atoms with Crippen molar-refractivity contribution in [2.75, 3.05) is 0 Å². The Kier molecular flexibility index (Phi) is 5.26. The van der Waals surface area contributed by atoms with E-state index in [9.17, 15) is 0 Å². The summed E-state index contributed by atoms with van der Waals surface area (Å²) in [6, 6.07) is 38.0. The van der Waals surface area contributed by atoms with Crippen LogP contribution in [0.5, 0.6) is 0 Å². The molecule has 0 radical (unpaired) electrons. The molecule has 0 aliphatic heterocycles. The van der Waals surface area contributed by atoms with Gasteiger partial charge in [0, 0.05) is 6.20 Å². The summed E-state index contributed by atoms with van der Waals surface area (Å²) in [5.74, 6) is 0. The quantitative estimate of drug-likeness (QED) is 0.486. The SMILES string of the molecule is C(=C(/B(c1ccccc1)c1ccccc1)c1ccccc1)/c1ccccn1. The largest absolute Gasteiger partial charge is 0.257 e. The zero-order valence-corrected chi connectivity index (χ0v) is 15.1. The molecular weight excluding hydrogens is 325 g/mol. The van der Waals surface area contributed by atoms with Gasteiger partial charge in [-0.2, -0.15) is 0 Å². The average Bonchev–Trinajstić information content (AvgIpc) is 2.76. The Balaban J connectivity index is 1.93. The molecule has 0 atom stereocenters. The lowest BCUT2D eigenvalue weighted by Gasteiger charge is -2.19. The first-order valence-electron chi connectivity index (χ1n) is 9.20. The maximum Gasteiger partial charge on any atom is 0.242 e. The lowest BCUT2D eigenvalue weighted by molar-refractivity contribution is 1.30. The molecule has 0 N–H and O–H groups in total. The molecule has 1 aromatic heterocycles. The molecule has 2 heteroatoms. The zero-order valence-electron chi connectivity index (χ0n) is 15.1. The molecule has 0 unspecified atom stereocenters. The fourth-order valence-corrected chi connectivity index (χ4v) is 3.43. The fraction of sp³-hybridized carbons (Fsp3) is 0. The van der Waals surface area contributed by atoms with E-state index < -0.39 is 0 Å². The van der Waals surface area contributed by atoms with E-state index in [1.54, 1.807) is 0 Å². The summed E-state index contributed by atoms with van der Waals surface area (Å²) in [6.07, 6.45) is 4.05. The van der Waals surface area contributed by atoms with Gasteiger partial charge >= 0.3 is 0 Å². The summed E-state index contributed by atoms with van der Waals surface area (Å²) >= 11 is 0. The van der Waals surface area contributed by atoms with Crippen molar-refractivity contribution in [1.29, 1.82) is 0 Å². The second kappa shape index (κ2) is 8.33. The van der Waals surface area contributed by atoms with Crippen molar-refractivity contribution in [3.8, 4) is 0 Å². The van der Waals surface area contributed by atoms with E-state index in [-0.39, 0.29) is 6.71 Å². The van der Waals surface area contributed by atoms with Gasteiger partial charge in [-0.15, -0.1) is 0 Å². The van der Waals surface area contributed by atoms with Crippen LogP contribution in [0, 0.1) is 0 Å². The van der Waals surface area contributed by atoms with Crippen LogP contribution in [0.15, 0.2) is 115 Å². The van der Waals surface area contributed by atoms with Gasteiger partial charge in [0.05, 0.1) is 5.69 Å². The molecule has 0 aliphatic carbocycles. The van der Waals surface area contributed by atoms with E-state index in [0.717, 1.165) is 5.69 Å². The molecule has 0 fully saturated rings.